The summed E-state index contributed by atoms with van der Waals surface area (Å²) in [7, 11) is 0. The zero-order valence-electron chi connectivity index (χ0n) is 15.3. The van der Waals surface area contributed by atoms with Gasteiger partial charge in [-0.2, -0.15) is 0 Å². The van der Waals surface area contributed by atoms with Crippen LogP contribution in [0.1, 0.15) is 24.6 Å². The molecule has 1 aliphatic heterocycles. The number of imidazole rings is 1. The van der Waals surface area contributed by atoms with Crippen LogP contribution in [0.5, 0.6) is 0 Å². The van der Waals surface area contributed by atoms with Crippen LogP contribution in [0.2, 0.25) is 0 Å². The van der Waals surface area contributed by atoms with E-state index >= 15 is 0 Å². The van der Waals surface area contributed by atoms with Gasteiger partial charge < -0.3 is 19.6 Å². The molecule has 0 unspecified atom stereocenters. The Morgan fingerprint density at radius 2 is 1.93 bits per heavy atom. The molecule has 0 spiro atoms. The number of piperidine rings is 1. The third-order valence-electron chi connectivity index (χ3n) is 5.15. The Morgan fingerprint density at radius 3 is 2.68 bits per heavy atom. The first-order valence-corrected chi connectivity index (χ1v) is 9.18. The highest BCUT2D eigenvalue weighted by atomic mass is 16.4. The van der Waals surface area contributed by atoms with Crippen LogP contribution < -0.4 is 11.5 Å². The van der Waals surface area contributed by atoms with Crippen LogP contribution in [-0.2, 0) is 22.7 Å². The summed E-state index contributed by atoms with van der Waals surface area (Å²) in [6.07, 6.45) is 4.88. The van der Waals surface area contributed by atoms with E-state index in [0.29, 0.717) is 24.2 Å². The second kappa shape index (κ2) is 7.34. The number of hydrogen-bond donors (Lipinski definition) is 1. The summed E-state index contributed by atoms with van der Waals surface area (Å²) >= 11 is 0. The number of oxazole rings is 1. The van der Waals surface area contributed by atoms with E-state index in [2.05, 4.69) is 4.98 Å². The molecule has 28 heavy (non-hydrogen) atoms. The molecule has 9 heteroatoms. The van der Waals surface area contributed by atoms with Crippen LogP contribution in [0.15, 0.2) is 45.9 Å². The highest BCUT2D eigenvalue weighted by Gasteiger charge is 2.27. The molecule has 1 saturated heterocycles. The van der Waals surface area contributed by atoms with Crippen molar-refractivity contribution in [3.8, 4) is 0 Å². The molecule has 4 rings (SSSR count). The highest BCUT2D eigenvalue weighted by molar-refractivity contribution is 5.79. The summed E-state index contributed by atoms with van der Waals surface area (Å²) in [5.74, 6) is -0.0750. The first-order chi connectivity index (χ1) is 13.5. The number of likely N-dealkylation sites (tertiary alicyclic amines) is 1. The van der Waals surface area contributed by atoms with Crippen molar-refractivity contribution in [1.82, 2.24) is 19.0 Å². The molecule has 2 amide bonds. The molecule has 1 aliphatic rings. The zero-order valence-corrected chi connectivity index (χ0v) is 15.3. The highest BCUT2D eigenvalue weighted by Crippen LogP contribution is 2.27. The van der Waals surface area contributed by atoms with Gasteiger partial charge in [0.1, 0.15) is 18.9 Å². The number of rotatable bonds is 5. The molecular weight excluding hydrogens is 362 g/mol. The lowest BCUT2D eigenvalue weighted by Crippen LogP contribution is -2.41. The average molecular weight is 383 g/mol. The van der Waals surface area contributed by atoms with E-state index in [9.17, 15) is 14.4 Å². The minimum absolute atomic E-state index is 0.0448. The van der Waals surface area contributed by atoms with Gasteiger partial charge in [0.15, 0.2) is 5.58 Å². The van der Waals surface area contributed by atoms with Crippen molar-refractivity contribution in [2.75, 3.05) is 13.1 Å². The topological polar surface area (TPSA) is 116 Å². The maximum absolute atomic E-state index is 12.7. The van der Waals surface area contributed by atoms with E-state index in [1.54, 1.807) is 46.1 Å². The quantitative estimate of drug-likeness (QED) is 0.695. The van der Waals surface area contributed by atoms with Gasteiger partial charge in [-0.05, 0) is 25.0 Å². The molecule has 0 atom stereocenters. The lowest BCUT2D eigenvalue weighted by Gasteiger charge is -2.32. The number of amides is 2. The van der Waals surface area contributed by atoms with Crippen molar-refractivity contribution in [1.29, 1.82) is 0 Å². The van der Waals surface area contributed by atoms with Crippen LogP contribution in [0, 0.1) is 0 Å². The summed E-state index contributed by atoms with van der Waals surface area (Å²) in [4.78, 5) is 42.1. The maximum atomic E-state index is 12.7. The summed E-state index contributed by atoms with van der Waals surface area (Å²) in [5, 5.41) is 0. The Bertz CT molecular complexity index is 1070. The van der Waals surface area contributed by atoms with E-state index in [4.69, 9.17) is 10.2 Å². The standard InChI is InChI=1S/C19H21N5O4/c20-16(25)11-23-10-7-21-18(23)13-5-8-22(9-6-13)17(26)12-24-14-3-1-2-4-15(14)28-19(24)27/h1-4,7,10,13H,5-6,8-9,11-12H2,(H2,20,25). The Hall–Kier alpha value is -3.36. The fourth-order valence-electron chi connectivity index (χ4n) is 3.77. The van der Waals surface area contributed by atoms with E-state index in [0.717, 1.165) is 18.7 Å². The largest absolute Gasteiger partial charge is 0.420 e. The molecule has 0 bridgehead atoms. The van der Waals surface area contributed by atoms with Gasteiger partial charge in [0, 0.05) is 31.4 Å². The Morgan fingerprint density at radius 1 is 1.18 bits per heavy atom. The molecule has 3 heterocycles. The van der Waals surface area contributed by atoms with Gasteiger partial charge in [0.2, 0.25) is 11.8 Å². The average Bonchev–Trinajstić information content (AvgIpc) is 3.26. The van der Waals surface area contributed by atoms with Gasteiger partial charge in [-0.15, -0.1) is 0 Å². The maximum Gasteiger partial charge on any atom is 0.420 e. The van der Waals surface area contributed by atoms with Gasteiger partial charge >= 0.3 is 5.76 Å². The molecule has 0 aliphatic carbocycles. The summed E-state index contributed by atoms with van der Waals surface area (Å²) < 4.78 is 8.32. The zero-order chi connectivity index (χ0) is 19.7. The molecular formula is C19H21N5O4. The number of nitrogens with two attached hydrogens (primary N) is 1. The van der Waals surface area contributed by atoms with E-state index < -0.39 is 11.7 Å². The fourth-order valence-corrected chi connectivity index (χ4v) is 3.77. The third-order valence-corrected chi connectivity index (χ3v) is 5.15. The number of hydrogen-bond acceptors (Lipinski definition) is 5. The molecule has 3 aromatic rings. The molecule has 1 fully saturated rings. The Balaban J connectivity index is 1.42. The third kappa shape index (κ3) is 3.42. The number of primary amides is 1. The number of nitrogens with zero attached hydrogens (tertiary/aromatic N) is 4. The normalized spacial score (nSPS) is 15.2. The van der Waals surface area contributed by atoms with Crippen LogP contribution in [0.3, 0.4) is 0 Å². The van der Waals surface area contributed by atoms with Crippen LogP contribution in [-0.4, -0.2) is 43.9 Å². The second-order valence-corrected chi connectivity index (χ2v) is 6.96. The fraction of sp³-hybridized carbons (Fsp3) is 0.368. The van der Waals surface area contributed by atoms with Crippen molar-refractivity contribution in [3.63, 3.8) is 0 Å². The second-order valence-electron chi connectivity index (χ2n) is 6.96. The van der Waals surface area contributed by atoms with Crippen LogP contribution in [0.4, 0.5) is 0 Å². The number of fused-ring (bicyclic) bond motifs is 1. The molecule has 2 aromatic heterocycles. The van der Waals surface area contributed by atoms with Crippen molar-refractivity contribution in [2.24, 2.45) is 5.73 Å². The monoisotopic (exact) mass is 383 g/mol. The van der Waals surface area contributed by atoms with Gasteiger partial charge in [-0.25, -0.2) is 9.78 Å². The lowest BCUT2D eigenvalue weighted by molar-refractivity contribution is -0.133. The number of aromatic nitrogens is 3. The van der Waals surface area contributed by atoms with Crippen molar-refractivity contribution >= 4 is 22.9 Å². The van der Waals surface area contributed by atoms with Gasteiger partial charge in [0.05, 0.1) is 5.52 Å². The van der Waals surface area contributed by atoms with Crippen molar-refractivity contribution < 1.29 is 14.0 Å². The summed E-state index contributed by atoms with van der Waals surface area (Å²) in [6.45, 7) is 1.19. The summed E-state index contributed by atoms with van der Waals surface area (Å²) in [5.41, 5.74) is 6.37. The van der Waals surface area contributed by atoms with Crippen molar-refractivity contribution in [2.45, 2.75) is 31.8 Å². The number of benzene rings is 1. The molecule has 9 nitrogen and oxygen atoms in total. The van der Waals surface area contributed by atoms with Crippen LogP contribution in [0.25, 0.3) is 11.1 Å². The van der Waals surface area contributed by atoms with Gasteiger partial charge in [0.25, 0.3) is 0 Å². The predicted octanol–water partition coefficient (Wildman–Crippen LogP) is 0.682. The van der Waals surface area contributed by atoms with E-state index in [1.807, 2.05) is 0 Å². The SMILES string of the molecule is NC(=O)Cn1ccnc1C1CCN(C(=O)Cn2c(=O)oc3ccccc32)CC1. The lowest BCUT2D eigenvalue weighted by atomic mass is 9.96. The molecule has 2 N–H and O–H groups in total. The minimum Gasteiger partial charge on any atom is -0.408 e. The van der Waals surface area contributed by atoms with Crippen LogP contribution >= 0.6 is 0 Å². The van der Waals surface area contributed by atoms with E-state index in [1.165, 1.54) is 4.57 Å². The molecule has 0 radical (unpaired) electrons. The minimum atomic E-state index is -0.530. The molecule has 1 aromatic carbocycles. The first-order valence-electron chi connectivity index (χ1n) is 9.18. The number of carbonyl (C=O) groups is 2. The first kappa shape index (κ1) is 18.0. The van der Waals surface area contributed by atoms with Gasteiger partial charge in [-0.1, -0.05) is 12.1 Å². The number of carbonyl (C=O) groups excluding carboxylic acids is 2. The number of para-hydroxylation sites is 2. The Kier molecular flexibility index (Phi) is 4.72. The van der Waals surface area contributed by atoms with Gasteiger partial charge in [-0.3, -0.25) is 14.2 Å². The molecule has 146 valence electrons. The molecule has 0 saturated carbocycles. The smallest absolute Gasteiger partial charge is 0.408 e. The summed E-state index contributed by atoms with van der Waals surface area (Å²) in [6, 6.07) is 7.05. The van der Waals surface area contributed by atoms with E-state index in [-0.39, 0.29) is 24.9 Å². The Labute approximate surface area is 160 Å². The predicted molar refractivity (Wildman–Crippen MR) is 100 cm³/mol. The van der Waals surface area contributed by atoms with Crippen molar-refractivity contribution in [3.05, 3.63) is 53.0 Å².